The first-order chi connectivity index (χ1) is 9.33. The van der Waals surface area contributed by atoms with Crippen LogP contribution in [0.3, 0.4) is 0 Å². The Bertz CT molecular complexity index is 585. The quantitative estimate of drug-likeness (QED) is 0.775. The number of halogens is 1. The van der Waals surface area contributed by atoms with Crippen LogP contribution < -0.4 is 0 Å². The van der Waals surface area contributed by atoms with Crippen LogP contribution in [-0.2, 0) is 25.6 Å². The van der Waals surface area contributed by atoms with E-state index in [9.17, 15) is 13.2 Å². The van der Waals surface area contributed by atoms with Gasteiger partial charge in [-0.1, -0.05) is 23.7 Å². The van der Waals surface area contributed by atoms with E-state index in [1.807, 2.05) is 12.1 Å². The highest BCUT2D eigenvalue weighted by Crippen LogP contribution is 2.21. The van der Waals surface area contributed by atoms with Crippen molar-refractivity contribution in [3.05, 3.63) is 34.9 Å². The number of hydrogen-bond donors (Lipinski definition) is 0. The van der Waals surface area contributed by atoms with Crippen molar-refractivity contribution < 1.29 is 17.4 Å². The van der Waals surface area contributed by atoms with Gasteiger partial charge < -0.3 is 4.90 Å². The molecule has 1 amide bonds. The monoisotopic (exact) mass is 317 g/mol. The third-order valence-electron chi connectivity index (χ3n) is 3.10. The highest BCUT2D eigenvalue weighted by atomic mass is 35.5. The highest BCUT2D eigenvalue weighted by Gasteiger charge is 2.30. The van der Waals surface area contributed by atoms with E-state index in [0.717, 1.165) is 11.8 Å². The second-order valence-corrected chi connectivity index (χ2v) is 7.04. The predicted molar refractivity (Wildman–Crippen MR) is 75.8 cm³/mol. The van der Waals surface area contributed by atoms with E-state index < -0.39 is 10.1 Å². The molecule has 5 nitrogen and oxygen atoms in total. The van der Waals surface area contributed by atoms with Gasteiger partial charge >= 0.3 is 0 Å². The van der Waals surface area contributed by atoms with Gasteiger partial charge in [0.05, 0.1) is 12.9 Å². The van der Waals surface area contributed by atoms with Crippen LogP contribution in [0.25, 0.3) is 0 Å². The van der Waals surface area contributed by atoms with Crippen molar-refractivity contribution in [3.8, 4) is 0 Å². The molecule has 1 aromatic carbocycles. The molecule has 0 aromatic heterocycles. The minimum Gasteiger partial charge on any atom is -0.338 e. The summed E-state index contributed by atoms with van der Waals surface area (Å²) in [7, 11) is -3.45. The van der Waals surface area contributed by atoms with E-state index in [0.29, 0.717) is 24.5 Å². The third-order valence-corrected chi connectivity index (χ3v) is 3.92. The molecule has 1 atom stereocenters. The molecule has 1 unspecified atom stereocenters. The molecule has 1 aliphatic heterocycles. The minimum absolute atomic E-state index is 0.0158. The van der Waals surface area contributed by atoms with Gasteiger partial charge in [-0.2, -0.15) is 8.42 Å². The van der Waals surface area contributed by atoms with E-state index >= 15 is 0 Å². The maximum Gasteiger partial charge on any atom is 0.264 e. The van der Waals surface area contributed by atoms with E-state index in [2.05, 4.69) is 0 Å². The van der Waals surface area contributed by atoms with Gasteiger partial charge in [0, 0.05) is 30.5 Å². The van der Waals surface area contributed by atoms with E-state index in [1.54, 1.807) is 17.0 Å². The van der Waals surface area contributed by atoms with E-state index in [1.165, 1.54) is 0 Å². The second kappa shape index (κ2) is 6.11. The maximum atomic E-state index is 11.9. The molecule has 2 rings (SSSR count). The number of carbonyl (C=O) groups is 1. The van der Waals surface area contributed by atoms with Crippen LogP contribution >= 0.6 is 11.6 Å². The Morgan fingerprint density at radius 2 is 2.00 bits per heavy atom. The van der Waals surface area contributed by atoms with Gasteiger partial charge in [-0.3, -0.25) is 8.98 Å². The summed E-state index contributed by atoms with van der Waals surface area (Å²) in [6, 6.07) is 7.30. The molecule has 1 saturated heterocycles. The molecule has 1 aromatic rings. The smallest absolute Gasteiger partial charge is 0.264 e. The lowest BCUT2D eigenvalue weighted by molar-refractivity contribution is -0.128. The fourth-order valence-corrected chi connectivity index (χ4v) is 2.71. The molecule has 7 heteroatoms. The van der Waals surface area contributed by atoms with Crippen molar-refractivity contribution in [2.24, 2.45) is 5.92 Å². The van der Waals surface area contributed by atoms with Gasteiger partial charge in [0.25, 0.3) is 10.1 Å². The lowest BCUT2D eigenvalue weighted by Crippen LogP contribution is -2.25. The standard InChI is InChI=1S/C13H16ClNO4S/c1-20(17,18)19-9-11-6-13(16)15(8-11)7-10-2-4-12(14)5-3-10/h2-5,11H,6-9H2,1H3. The van der Waals surface area contributed by atoms with Crippen molar-refractivity contribution in [3.63, 3.8) is 0 Å². The fourth-order valence-electron chi connectivity index (χ4n) is 2.15. The Balaban J connectivity index is 1.91. The number of likely N-dealkylation sites (tertiary alicyclic amines) is 1. The lowest BCUT2D eigenvalue weighted by Gasteiger charge is -2.16. The van der Waals surface area contributed by atoms with Crippen LogP contribution in [-0.4, -0.2) is 38.6 Å². The second-order valence-electron chi connectivity index (χ2n) is 4.96. The molecule has 0 aliphatic carbocycles. The van der Waals surface area contributed by atoms with Gasteiger partial charge in [0.2, 0.25) is 5.91 Å². The first-order valence-corrected chi connectivity index (χ1v) is 8.39. The Morgan fingerprint density at radius 1 is 1.35 bits per heavy atom. The molecular weight excluding hydrogens is 302 g/mol. The lowest BCUT2D eigenvalue weighted by atomic mass is 10.1. The molecule has 20 heavy (non-hydrogen) atoms. The number of nitrogens with zero attached hydrogens (tertiary/aromatic N) is 1. The van der Waals surface area contributed by atoms with Crippen LogP contribution in [0.4, 0.5) is 0 Å². The largest absolute Gasteiger partial charge is 0.338 e. The summed E-state index contributed by atoms with van der Waals surface area (Å²) in [6.45, 7) is 1.07. The van der Waals surface area contributed by atoms with Gasteiger partial charge in [0.15, 0.2) is 0 Å². The molecule has 1 heterocycles. The Morgan fingerprint density at radius 3 is 2.60 bits per heavy atom. The molecule has 0 saturated carbocycles. The predicted octanol–water partition coefficient (Wildman–Crippen LogP) is 1.66. The summed E-state index contributed by atoms with van der Waals surface area (Å²) >= 11 is 5.81. The fraction of sp³-hybridized carbons (Fsp3) is 0.462. The summed E-state index contributed by atoms with van der Waals surface area (Å²) in [5, 5.41) is 0.654. The van der Waals surface area contributed by atoms with Gasteiger partial charge in [-0.15, -0.1) is 0 Å². The topological polar surface area (TPSA) is 63.7 Å². The number of rotatable bonds is 5. The van der Waals surface area contributed by atoms with Crippen LogP contribution in [0, 0.1) is 5.92 Å². The molecule has 1 fully saturated rings. The van der Waals surface area contributed by atoms with Crippen molar-refractivity contribution >= 4 is 27.6 Å². The van der Waals surface area contributed by atoms with Crippen molar-refractivity contribution in [1.29, 1.82) is 0 Å². The van der Waals surface area contributed by atoms with Crippen molar-refractivity contribution in [2.45, 2.75) is 13.0 Å². The number of amides is 1. The number of benzene rings is 1. The minimum atomic E-state index is -3.45. The van der Waals surface area contributed by atoms with Crippen LogP contribution in [0.5, 0.6) is 0 Å². The SMILES string of the molecule is CS(=O)(=O)OCC1CC(=O)N(Cc2ccc(Cl)cc2)C1. The zero-order valence-corrected chi connectivity index (χ0v) is 12.7. The number of hydrogen-bond acceptors (Lipinski definition) is 4. The first-order valence-electron chi connectivity index (χ1n) is 6.20. The van der Waals surface area contributed by atoms with Crippen LogP contribution in [0.15, 0.2) is 24.3 Å². The van der Waals surface area contributed by atoms with Crippen LogP contribution in [0.1, 0.15) is 12.0 Å². The molecule has 1 aliphatic rings. The Hall–Kier alpha value is -1.11. The molecule has 0 N–H and O–H groups in total. The van der Waals surface area contributed by atoms with Gasteiger partial charge in [-0.05, 0) is 17.7 Å². The molecule has 0 spiro atoms. The molecule has 110 valence electrons. The van der Waals surface area contributed by atoms with Crippen LogP contribution in [0.2, 0.25) is 5.02 Å². The van der Waals surface area contributed by atoms with Gasteiger partial charge in [-0.25, -0.2) is 0 Å². The zero-order valence-electron chi connectivity index (χ0n) is 11.1. The summed E-state index contributed by atoms with van der Waals surface area (Å²) in [5.74, 6) is -0.0634. The number of carbonyl (C=O) groups excluding carboxylic acids is 1. The molecule has 0 radical (unpaired) electrons. The first kappa shape index (κ1) is 15.3. The maximum absolute atomic E-state index is 11.9. The Kier molecular flexibility index (Phi) is 4.67. The molecular formula is C13H16ClNO4S. The summed E-state index contributed by atoms with van der Waals surface area (Å²) in [5.41, 5.74) is 0.993. The Labute approximate surface area is 123 Å². The summed E-state index contributed by atoms with van der Waals surface area (Å²) < 4.78 is 26.6. The van der Waals surface area contributed by atoms with E-state index in [-0.39, 0.29) is 18.4 Å². The molecule has 0 bridgehead atoms. The summed E-state index contributed by atoms with van der Waals surface area (Å²) in [6.07, 6.45) is 1.33. The van der Waals surface area contributed by atoms with Gasteiger partial charge in [0.1, 0.15) is 0 Å². The average molecular weight is 318 g/mol. The van der Waals surface area contributed by atoms with Crippen molar-refractivity contribution in [2.75, 3.05) is 19.4 Å². The average Bonchev–Trinajstić information content (AvgIpc) is 2.70. The highest BCUT2D eigenvalue weighted by molar-refractivity contribution is 7.85. The third kappa shape index (κ3) is 4.47. The van der Waals surface area contributed by atoms with E-state index in [4.69, 9.17) is 15.8 Å². The normalized spacial score (nSPS) is 19.6. The zero-order chi connectivity index (χ0) is 14.8. The van der Waals surface area contributed by atoms with Crippen molar-refractivity contribution in [1.82, 2.24) is 4.90 Å². The summed E-state index contributed by atoms with van der Waals surface area (Å²) in [4.78, 5) is 13.6.